The van der Waals surface area contributed by atoms with Gasteiger partial charge in [0.15, 0.2) is 11.6 Å². The molecule has 0 bridgehead atoms. The molecule has 2 amide bonds. The van der Waals surface area contributed by atoms with E-state index in [1.807, 2.05) is 6.92 Å². The molecule has 2 fully saturated rings. The van der Waals surface area contributed by atoms with E-state index in [2.05, 4.69) is 0 Å². The number of benzene rings is 1. The van der Waals surface area contributed by atoms with Gasteiger partial charge in [-0.2, -0.15) is 0 Å². The van der Waals surface area contributed by atoms with Crippen molar-refractivity contribution in [2.45, 2.75) is 39.2 Å². The highest BCUT2D eigenvalue weighted by Gasteiger charge is 2.49. The van der Waals surface area contributed by atoms with Crippen LogP contribution in [-0.4, -0.2) is 41.2 Å². The van der Waals surface area contributed by atoms with Gasteiger partial charge in [-0.25, -0.2) is 8.78 Å². The fraction of sp³-hybridized carbons (Fsp3) is 0.556. The maximum absolute atomic E-state index is 13.9. The van der Waals surface area contributed by atoms with Crippen molar-refractivity contribution in [1.29, 1.82) is 0 Å². The Hall–Kier alpha value is -1.98. The predicted molar refractivity (Wildman–Crippen MR) is 84.9 cm³/mol. The molecular formula is C18H22F2N2O2. The molecule has 2 aliphatic heterocycles. The zero-order valence-electron chi connectivity index (χ0n) is 13.9. The molecule has 1 atom stereocenters. The number of nitrogens with zero attached hydrogens (tertiary/aromatic N) is 2. The average Bonchev–Trinajstić information content (AvgIpc) is 3.00. The van der Waals surface area contributed by atoms with Crippen molar-refractivity contribution < 1.29 is 18.4 Å². The van der Waals surface area contributed by atoms with E-state index in [1.165, 1.54) is 12.1 Å². The molecule has 3 rings (SSSR count). The van der Waals surface area contributed by atoms with Crippen molar-refractivity contribution in [3.05, 3.63) is 35.4 Å². The van der Waals surface area contributed by atoms with Crippen LogP contribution in [0, 0.1) is 17.0 Å². The van der Waals surface area contributed by atoms with Crippen LogP contribution < -0.4 is 0 Å². The fourth-order valence-corrected chi connectivity index (χ4v) is 3.87. The van der Waals surface area contributed by atoms with Crippen LogP contribution in [0.3, 0.4) is 0 Å². The van der Waals surface area contributed by atoms with Crippen LogP contribution in [0.5, 0.6) is 0 Å². The van der Waals surface area contributed by atoms with Crippen LogP contribution in [0.15, 0.2) is 18.2 Å². The van der Waals surface area contributed by atoms with Crippen LogP contribution in [-0.2, 0) is 16.1 Å². The largest absolute Gasteiger partial charge is 0.342 e. The fourth-order valence-electron chi connectivity index (χ4n) is 3.87. The highest BCUT2D eigenvalue weighted by Crippen LogP contribution is 2.40. The molecule has 0 aromatic heterocycles. The van der Waals surface area contributed by atoms with Crippen LogP contribution >= 0.6 is 0 Å². The van der Waals surface area contributed by atoms with E-state index in [1.54, 1.807) is 9.80 Å². The van der Waals surface area contributed by atoms with Crippen molar-refractivity contribution in [3.8, 4) is 0 Å². The van der Waals surface area contributed by atoms with Crippen molar-refractivity contribution >= 4 is 11.8 Å². The Morgan fingerprint density at radius 3 is 2.79 bits per heavy atom. The molecular weight excluding hydrogens is 314 g/mol. The minimum absolute atomic E-state index is 0.0381. The van der Waals surface area contributed by atoms with E-state index in [9.17, 15) is 18.4 Å². The van der Waals surface area contributed by atoms with E-state index in [0.717, 1.165) is 18.9 Å². The number of carbonyl (C=O) groups is 2. The molecule has 0 radical (unpaired) electrons. The summed E-state index contributed by atoms with van der Waals surface area (Å²) in [5, 5.41) is 0. The molecule has 2 heterocycles. The Morgan fingerprint density at radius 2 is 2.04 bits per heavy atom. The third-order valence-electron chi connectivity index (χ3n) is 5.23. The van der Waals surface area contributed by atoms with E-state index in [4.69, 9.17) is 0 Å². The summed E-state index contributed by atoms with van der Waals surface area (Å²) in [5.74, 6) is -1.76. The van der Waals surface area contributed by atoms with Crippen LogP contribution in [0.25, 0.3) is 0 Å². The summed E-state index contributed by atoms with van der Waals surface area (Å²) in [6, 6.07) is 4.03. The van der Waals surface area contributed by atoms with E-state index < -0.39 is 17.0 Å². The summed E-state index contributed by atoms with van der Waals surface area (Å²) < 4.78 is 27.3. The normalized spacial score (nSPS) is 24.0. The first-order chi connectivity index (χ1) is 11.5. The molecule has 6 heteroatoms. The lowest BCUT2D eigenvalue weighted by atomic mass is 9.78. The van der Waals surface area contributed by atoms with Gasteiger partial charge in [-0.05, 0) is 25.3 Å². The SMILES string of the molecule is CCC(=O)N1CC[C@]2(CCCN(Cc3cccc(F)c3F)C2=O)C1. The van der Waals surface area contributed by atoms with Gasteiger partial charge in [-0.1, -0.05) is 19.1 Å². The Kier molecular flexibility index (Phi) is 4.56. The third-order valence-corrected chi connectivity index (χ3v) is 5.23. The van der Waals surface area contributed by atoms with Gasteiger partial charge in [0.2, 0.25) is 11.8 Å². The summed E-state index contributed by atoms with van der Waals surface area (Å²) in [4.78, 5) is 28.3. The number of piperidine rings is 1. The van der Waals surface area contributed by atoms with Gasteiger partial charge in [-0.15, -0.1) is 0 Å². The lowest BCUT2D eigenvalue weighted by Gasteiger charge is -2.39. The molecule has 130 valence electrons. The van der Waals surface area contributed by atoms with Gasteiger partial charge in [0.05, 0.1) is 5.41 Å². The molecule has 24 heavy (non-hydrogen) atoms. The summed E-state index contributed by atoms with van der Waals surface area (Å²) in [7, 11) is 0. The zero-order chi connectivity index (χ0) is 17.3. The van der Waals surface area contributed by atoms with Gasteiger partial charge in [0.1, 0.15) is 0 Å². The first-order valence-electron chi connectivity index (χ1n) is 8.47. The number of halogens is 2. The van der Waals surface area contributed by atoms with Crippen LogP contribution in [0.1, 0.15) is 38.2 Å². The maximum atomic E-state index is 13.9. The molecule has 0 N–H and O–H groups in total. The van der Waals surface area contributed by atoms with Gasteiger partial charge in [0.25, 0.3) is 0 Å². The molecule has 0 aliphatic carbocycles. The van der Waals surface area contributed by atoms with E-state index >= 15 is 0 Å². The quantitative estimate of drug-likeness (QED) is 0.851. The Bertz CT molecular complexity index is 664. The second-order valence-electron chi connectivity index (χ2n) is 6.74. The highest BCUT2D eigenvalue weighted by atomic mass is 19.2. The summed E-state index contributed by atoms with van der Waals surface area (Å²) in [6.45, 7) is 3.47. The maximum Gasteiger partial charge on any atom is 0.230 e. The molecule has 0 unspecified atom stereocenters. The van der Waals surface area contributed by atoms with E-state index in [0.29, 0.717) is 32.5 Å². The van der Waals surface area contributed by atoms with Gasteiger partial charge >= 0.3 is 0 Å². The van der Waals surface area contributed by atoms with Crippen LogP contribution in [0.2, 0.25) is 0 Å². The van der Waals surface area contributed by atoms with Crippen molar-refractivity contribution in [2.75, 3.05) is 19.6 Å². The first kappa shape index (κ1) is 16.9. The lowest BCUT2D eigenvalue weighted by Crippen LogP contribution is -2.50. The van der Waals surface area contributed by atoms with E-state index in [-0.39, 0.29) is 23.9 Å². The minimum Gasteiger partial charge on any atom is -0.342 e. The second-order valence-corrected chi connectivity index (χ2v) is 6.74. The van der Waals surface area contributed by atoms with Crippen molar-refractivity contribution in [1.82, 2.24) is 9.80 Å². The number of rotatable bonds is 3. The van der Waals surface area contributed by atoms with Crippen LogP contribution in [0.4, 0.5) is 8.78 Å². The number of carbonyl (C=O) groups excluding carboxylic acids is 2. The second kappa shape index (κ2) is 6.49. The smallest absolute Gasteiger partial charge is 0.230 e. The number of hydrogen-bond acceptors (Lipinski definition) is 2. The standard InChI is InChI=1S/C18H22F2N2O2/c1-2-15(23)22-10-8-18(12-22)7-4-9-21(17(18)24)11-13-5-3-6-14(19)16(13)20/h3,5-6H,2,4,7-12H2,1H3/t18-/m1/s1. The van der Waals surface area contributed by atoms with Gasteiger partial charge < -0.3 is 9.80 Å². The number of hydrogen-bond donors (Lipinski definition) is 0. The Morgan fingerprint density at radius 1 is 1.25 bits per heavy atom. The van der Waals surface area contributed by atoms with Gasteiger partial charge in [-0.3, -0.25) is 9.59 Å². The number of likely N-dealkylation sites (tertiary alicyclic amines) is 2. The monoisotopic (exact) mass is 336 g/mol. The highest BCUT2D eigenvalue weighted by molar-refractivity contribution is 5.86. The molecule has 0 saturated carbocycles. The van der Waals surface area contributed by atoms with Gasteiger partial charge in [0, 0.05) is 38.2 Å². The molecule has 1 aromatic rings. The minimum atomic E-state index is -0.896. The average molecular weight is 336 g/mol. The zero-order valence-corrected chi connectivity index (χ0v) is 13.9. The predicted octanol–water partition coefficient (Wildman–Crippen LogP) is 2.72. The molecule has 1 spiro atoms. The molecule has 1 aromatic carbocycles. The molecule has 2 aliphatic rings. The molecule has 2 saturated heterocycles. The topological polar surface area (TPSA) is 40.6 Å². The van der Waals surface area contributed by atoms with Crippen molar-refractivity contribution in [2.24, 2.45) is 5.41 Å². The number of amides is 2. The Labute approximate surface area is 140 Å². The van der Waals surface area contributed by atoms with Crippen molar-refractivity contribution in [3.63, 3.8) is 0 Å². The lowest BCUT2D eigenvalue weighted by molar-refractivity contribution is -0.146. The summed E-state index contributed by atoms with van der Waals surface area (Å²) >= 11 is 0. The summed E-state index contributed by atoms with van der Waals surface area (Å²) in [6.07, 6.45) is 2.65. The first-order valence-corrected chi connectivity index (χ1v) is 8.47. The third kappa shape index (κ3) is 2.89. The summed E-state index contributed by atoms with van der Waals surface area (Å²) in [5.41, 5.74) is -0.354. The molecule has 4 nitrogen and oxygen atoms in total. The Balaban J connectivity index is 1.76.